The van der Waals surface area contributed by atoms with Crippen molar-refractivity contribution in [2.45, 2.75) is 44.8 Å². The molecule has 37 heavy (non-hydrogen) atoms. The van der Waals surface area contributed by atoms with Gasteiger partial charge in [-0.3, -0.25) is 18.8 Å². The number of ether oxygens (including phenoxy) is 2. The molecule has 0 aliphatic heterocycles. The number of hydrogen-bond donors (Lipinski definition) is 1. The second-order valence-electron chi connectivity index (χ2n) is 8.39. The second kappa shape index (κ2) is 14.3. The molecule has 1 aromatic carbocycles. The van der Waals surface area contributed by atoms with E-state index in [0.717, 1.165) is 35.8 Å². The zero-order valence-electron chi connectivity index (χ0n) is 21.4. The Balaban J connectivity index is 2.42. The Kier molecular flexibility index (Phi) is 11.5. The number of hydrogen-bond acceptors (Lipinski definition) is 8. The highest BCUT2D eigenvalue weighted by atomic mass is 32.2. The molecule has 0 aliphatic rings. The first kappa shape index (κ1) is 29.7. The lowest BCUT2D eigenvalue weighted by molar-refractivity contribution is -0.141. The summed E-state index contributed by atoms with van der Waals surface area (Å²) in [6.07, 6.45) is 7.35. The molecule has 2 rings (SSSR count). The lowest BCUT2D eigenvalue weighted by Crippen LogP contribution is -2.40. The van der Waals surface area contributed by atoms with Gasteiger partial charge in [-0.2, -0.15) is 8.42 Å². The van der Waals surface area contributed by atoms with Gasteiger partial charge in [0.1, 0.15) is 5.75 Å². The zero-order valence-corrected chi connectivity index (χ0v) is 22.3. The quantitative estimate of drug-likeness (QED) is 0.158. The minimum atomic E-state index is -3.91. The van der Waals surface area contributed by atoms with Crippen LogP contribution in [0, 0.1) is 6.92 Å². The number of esters is 1. The van der Waals surface area contributed by atoms with Gasteiger partial charge in [0, 0.05) is 29.9 Å². The van der Waals surface area contributed by atoms with Gasteiger partial charge < -0.3 is 14.8 Å². The number of benzene rings is 1. The van der Waals surface area contributed by atoms with E-state index in [9.17, 15) is 18.0 Å². The number of allylic oxidation sites excluding steroid dienone is 1. The van der Waals surface area contributed by atoms with E-state index in [1.54, 1.807) is 12.3 Å². The molecule has 1 aromatic heterocycles. The maximum Gasteiger partial charge on any atom is 0.307 e. The van der Waals surface area contributed by atoms with Crippen molar-refractivity contribution in [2.24, 2.45) is 0 Å². The summed E-state index contributed by atoms with van der Waals surface area (Å²) in [7, 11) is -2.67. The van der Waals surface area contributed by atoms with Crippen LogP contribution in [0.3, 0.4) is 0 Å². The van der Waals surface area contributed by atoms with Crippen LogP contribution in [0.15, 0.2) is 62.0 Å². The molecule has 0 radical (unpaired) electrons. The Labute approximate surface area is 218 Å². The lowest BCUT2D eigenvalue weighted by atomic mass is 9.97. The van der Waals surface area contributed by atoms with Crippen LogP contribution < -0.4 is 10.1 Å². The van der Waals surface area contributed by atoms with Crippen molar-refractivity contribution in [3.63, 3.8) is 0 Å². The van der Waals surface area contributed by atoms with E-state index in [1.807, 2.05) is 31.2 Å². The van der Waals surface area contributed by atoms with E-state index < -0.39 is 34.1 Å². The number of rotatable bonds is 15. The van der Waals surface area contributed by atoms with E-state index in [-0.39, 0.29) is 12.8 Å². The summed E-state index contributed by atoms with van der Waals surface area (Å²) in [6.45, 7) is 9.74. The van der Waals surface area contributed by atoms with Crippen LogP contribution in [0.2, 0.25) is 0 Å². The Morgan fingerprint density at radius 3 is 2.59 bits per heavy atom. The monoisotopic (exact) mass is 530 g/mol. The Bertz CT molecular complexity index is 1210. The number of pyridine rings is 1. The van der Waals surface area contributed by atoms with Crippen molar-refractivity contribution in [3.8, 4) is 16.9 Å². The maximum absolute atomic E-state index is 13.0. The topological polar surface area (TPSA) is 121 Å². The van der Waals surface area contributed by atoms with E-state index in [0.29, 0.717) is 17.9 Å². The van der Waals surface area contributed by atoms with Crippen molar-refractivity contribution in [1.29, 1.82) is 0 Å². The number of nitrogens with one attached hydrogen (secondary N) is 1. The number of carbonyl (C=O) groups excluding carboxylic acids is 2. The van der Waals surface area contributed by atoms with E-state index in [2.05, 4.69) is 23.5 Å². The van der Waals surface area contributed by atoms with E-state index >= 15 is 0 Å². The van der Waals surface area contributed by atoms with Gasteiger partial charge in [-0.1, -0.05) is 24.3 Å². The number of methoxy groups -OCH3 is 1. The number of unbranched alkanes of at least 4 members (excludes halogenated alkanes) is 1. The largest absolute Gasteiger partial charge is 0.493 e. The molecule has 10 heteroatoms. The molecule has 9 nitrogen and oxygen atoms in total. The molecule has 0 fully saturated rings. The fourth-order valence-corrected chi connectivity index (χ4v) is 4.23. The third kappa shape index (κ3) is 9.47. The molecule has 0 bridgehead atoms. The third-order valence-corrected chi connectivity index (χ3v) is 5.96. The van der Waals surface area contributed by atoms with Crippen LogP contribution in [0.25, 0.3) is 11.1 Å². The summed E-state index contributed by atoms with van der Waals surface area (Å²) < 4.78 is 39.0. The average molecular weight is 531 g/mol. The first-order valence-electron chi connectivity index (χ1n) is 11.7. The predicted octanol–water partition coefficient (Wildman–Crippen LogP) is 4.04. The zero-order chi connectivity index (χ0) is 27.4. The minimum Gasteiger partial charge on any atom is -0.493 e. The van der Waals surface area contributed by atoms with Crippen LogP contribution >= 0.6 is 0 Å². The van der Waals surface area contributed by atoms with Crippen molar-refractivity contribution >= 4 is 22.0 Å². The highest BCUT2D eigenvalue weighted by molar-refractivity contribution is 7.86. The second-order valence-corrected chi connectivity index (χ2v) is 9.99. The molecule has 200 valence electrons. The summed E-state index contributed by atoms with van der Waals surface area (Å²) in [5.74, 6) is -0.599. The Morgan fingerprint density at radius 1 is 1.19 bits per heavy atom. The van der Waals surface area contributed by atoms with Crippen molar-refractivity contribution in [1.82, 2.24) is 10.3 Å². The van der Waals surface area contributed by atoms with Crippen LogP contribution in [0.5, 0.6) is 5.75 Å². The molecule has 0 aliphatic carbocycles. The van der Waals surface area contributed by atoms with Crippen LogP contribution in [0.4, 0.5) is 0 Å². The van der Waals surface area contributed by atoms with Gasteiger partial charge >= 0.3 is 5.97 Å². The smallest absolute Gasteiger partial charge is 0.307 e. The van der Waals surface area contributed by atoms with Gasteiger partial charge in [0.15, 0.2) is 6.10 Å². The normalized spacial score (nSPS) is 12.7. The first-order valence-corrected chi connectivity index (χ1v) is 13.6. The Hall–Kier alpha value is -3.50. The fourth-order valence-electron chi connectivity index (χ4n) is 3.65. The van der Waals surface area contributed by atoms with Gasteiger partial charge in [-0.25, -0.2) is 0 Å². The van der Waals surface area contributed by atoms with Crippen LogP contribution in [-0.2, 0) is 28.6 Å². The lowest BCUT2D eigenvalue weighted by Gasteiger charge is -2.22. The number of nitrogens with zero attached hydrogens (tertiary/aromatic N) is 1. The van der Waals surface area contributed by atoms with Crippen molar-refractivity contribution in [3.05, 3.63) is 73.1 Å². The molecule has 0 saturated carbocycles. The highest BCUT2D eigenvalue weighted by Gasteiger charge is 2.27. The average Bonchev–Trinajstić information content (AvgIpc) is 2.85. The molecule has 1 heterocycles. The molecule has 0 spiro atoms. The Morgan fingerprint density at radius 2 is 1.95 bits per heavy atom. The molecule has 2 aromatic rings. The summed E-state index contributed by atoms with van der Waals surface area (Å²) in [5.41, 5.74) is 3.05. The van der Waals surface area contributed by atoms with Gasteiger partial charge in [-0.05, 0) is 43.0 Å². The van der Waals surface area contributed by atoms with Gasteiger partial charge in [0.25, 0.3) is 16.0 Å². The number of carbonyl (C=O) groups is 2. The minimum absolute atomic E-state index is 0.0438. The summed E-state index contributed by atoms with van der Waals surface area (Å²) >= 11 is 0. The SMILES string of the molecule is C=CCCCOc1cccc(C)c1-c1cncc([C@H](CC(=O)OC)NC(=O)[C@@H](CC=C)OS(C)(=O)=O)c1. The maximum atomic E-state index is 13.0. The predicted molar refractivity (Wildman–Crippen MR) is 141 cm³/mol. The highest BCUT2D eigenvalue weighted by Crippen LogP contribution is 2.34. The molecule has 0 unspecified atom stereocenters. The molecule has 0 saturated heterocycles. The summed E-state index contributed by atoms with van der Waals surface area (Å²) in [4.78, 5) is 29.5. The van der Waals surface area contributed by atoms with Gasteiger partial charge in [-0.15, -0.1) is 13.2 Å². The molecule has 2 atom stereocenters. The molecular formula is C27H34N2O7S. The van der Waals surface area contributed by atoms with Gasteiger partial charge in [0.2, 0.25) is 0 Å². The van der Waals surface area contributed by atoms with E-state index in [4.69, 9.17) is 13.7 Å². The van der Waals surface area contributed by atoms with Crippen LogP contribution in [-0.4, -0.2) is 51.4 Å². The fraction of sp³-hybridized carbons (Fsp3) is 0.370. The molecule has 1 amide bonds. The van der Waals surface area contributed by atoms with Gasteiger partial charge in [0.05, 0.1) is 32.4 Å². The standard InChI is InChI=1S/C27H34N2O7S/c1-6-8-9-14-35-23-13-10-12-19(3)26(23)21-15-20(17-28-18-21)22(16-25(30)34-4)29-27(31)24(11-7-2)36-37(5,32)33/h6-7,10,12-13,15,17-18,22,24H,1-2,8-9,11,14,16H2,3-5H3,(H,29,31)/t22-,24+/m0/s1. The van der Waals surface area contributed by atoms with Crippen molar-refractivity contribution < 1.29 is 31.7 Å². The summed E-state index contributed by atoms with van der Waals surface area (Å²) in [6, 6.07) is 6.68. The van der Waals surface area contributed by atoms with Crippen molar-refractivity contribution in [2.75, 3.05) is 20.0 Å². The van der Waals surface area contributed by atoms with Crippen LogP contribution in [0.1, 0.15) is 42.9 Å². The number of amides is 1. The third-order valence-electron chi connectivity index (χ3n) is 5.37. The molecular weight excluding hydrogens is 496 g/mol. The molecule has 1 N–H and O–H groups in total. The van der Waals surface area contributed by atoms with E-state index in [1.165, 1.54) is 19.4 Å². The number of aryl methyl sites for hydroxylation is 1. The summed E-state index contributed by atoms with van der Waals surface area (Å²) in [5, 5.41) is 2.70. The first-order chi connectivity index (χ1) is 17.6. The number of aromatic nitrogens is 1.